The Labute approximate surface area is 152 Å². The molecule has 7 nitrogen and oxygen atoms in total. The van der Waals surface area contributed by atoms with Crippen molar-refractivity contribution in [2.24, 2.45) is 5.73 Å². The highest BCUT2D eigenvalue weighted by molar-refractivity contribution is 6.41. The highest BCUT2D eigenvalue weighted by atomic mass is 35.5. The zero-order valence-corrected chi connectivity index (χ0v) is 14.1. The third kappa shape index (κ3) is 3.79. The lowest BCUT2D eigenvalue weighted by Crippen LogP contribution is -2.56. The molecule has 0 unspecified atom stereocenters. The molecule has 0 aliphatic carbocycles. The lowest BCUT2D eigenvalue weighted by molar-refractivity contribution is -0.384. The summed E-state index contributed by atoms with van der Waals surface area (Å²) in [6.07, 6.45) is -0.388. The number of carbonyl (C=O) groups excluding carboxylic acids is 1. The summed E-state index contributed by atoms with van der Waals surface area (Å²) in [6.45, 7) is 0. The van der Waals surface area contributed by atoms with Crippen LogP contribution in [-0.2, 0) is 11.2 Å². The molecule has 0 heterocycles. The standard InChI is InChI=1S/C16H12Cl2N2O5/c17-11-2-1-3-12(18)13(11)14(21)16(19,15(22)23)8-9-4-6-10(7-5-9)20(24)25/h1-7H,8,19H2,(H,22,23)/t16-/m1/s1. The maximum absolute atomic E-state index is 12.7. The van der Waals surface area contributed by atoms with Gasteiger partial charge in [0.2, 0.25) is 0 Å². The largest absolute Gasteiger partial charge is 0.480 e. The van der Waals surface area contributed by atoms with Gasteiger partial charge in [-0.1, -0.05) is 41.4 Å². The third-order valence-corrected chi connectivity index (χ3v) is 4.24. The second kappa shape index (κ2) is 7.18. The van der Waals surface area contributed by atoms with Gasteiger partial charge in [-0.15, -0.1) is 0 Å². The van der Waals surface area contributed by atoms with E-state index in [0.717, 1.165) is 0 Å². The number of non-ortho nitro benzene ring substituents is 1. The predicted molar refractivity (Wildman–Crippen MR) is 92.1 cm³/mol. The molecule has 25 heavy (non-hydrogen) atoms. The molecule has 0 radical (unpaired) electrons. The summed E-state index contributed by atoms with van der Waals surface area (Å²) in [7, 11) is 0. The van der Waals surface area contributed by atoms with Gasteiger partial charge in [0.1, 0.15) is 0 Å². The fraction of sp³-hybridized carbons (Fsp3) is 0.125. The number of Topliss-reactive ketones (excluding diaryl/α,β-unsaturated/α-hetero) is 1. The fourth-order valence-electron chi connectivity index (χ4n) is 2.25. The molecule has 130 valence electrons. The minimum atomic E-state index is -2.33. The van der Waals surface area contributed by atoms with Crippen molar-refractivity contribution in [3.8, 4) is 0 Å². The average Bonchev–Trinajstić information content (AvgIpc) is 2.54. The van der Waals surface area contributed by atoms with E-state index >= 15 is 0 Å². The molecule has 2 aromatic rings. The molecule has 0 aliphatic rings. The summed E-state index contributed by atoms with van der Waals surface area (Å²) in [4.78, 5) is 34.5. The van der Waals surface area contributed by atoms with Gasteiger partial charge in [0.15, 0.2) is 11.3 Å². The minimum Gasteiger partial charge on any atom is -0.480 e. The predicted octanol–water partition coefficient (Wildman–Crippen LogP) is 3.11. The van der Waals surface area contributed by atoms with Crippen molar-refractivity contribution < 1.29 is 19.6 Å². The van der Waals surface area contributed by atoms with Crippen molar-refractivity contribution in [1.29, 1.82) is 0 Å². The minimum absolute atomic E-state index is 0.0164. The highest BCUT2D eigenvalue weighted by Crippen LogP contribution is 2.29. The molecule has 1 atom stereocenters. The van der Waals surface area contributed by atoms with E-state index in [1.165, 1.54) is 42.5 Å². The molecule has 2 aromatic carbocycles. The zero-order chi connectivity index (χ0) is 18.8. The number of aliphatic carboxylic acids is 1. The number of hydrogen-bond donors (Lipinski definition) is 2. The number of nitrogens with two attached hydrogens (primary N) is 1. The normalized spacial score (nSPS) is 13.1. The zero-order valence-electron chi connectivity index (χ0n) is 12.6. The maximum Gasteiger partial charge on any atom is 0.332 e. The number of carboxylic acid groups (broad SMARTS) is 1. The number of carbonyl (C=O) groups is 2. The van der Waals surface area contributed by atoms with Crippen LogP contribution < -0.4 is 5.73 Å². The van der Waals surface area contributed by atoms with Crippen molar-refractivity contribution in [3.05, 3.63) is 73.8 Å². The Kier molecular flexibility index (Phi) is 5.42. The molecular formula is C16H12Cl2N2O5. The van der Waals surface area contributed by atoms with Crippen molar-refractivity contribution in [1.82, 2.24) is 0 Å². The van der Waals surface area contributed by atoms with E-state index in [9.17, 15) is 24.8 Å². The number of ketones is 1. The molecule has 0 amide bonds. The summed E-state index contributed by atoms with van der Waals surface area (Å²) < 4.78 is 0. The quantitative estimate of drug-likeness (QED) is 0.342. The lowest BCUT2D eigenvalue weighted by Gasteiger charge is -2.24. The van der Waals surface area contributed by atoms with Gasteiger partial charge in [0, 0.05) is 18.6 Å². The number of hydrogen-bond acceptors (Lipinski definition) is 5. The summed E-state index contributed by atoms with van der Waals surface area (Å²) in [5.74, 6) is -2.51. The van der Waals surface area contributed by atoms with Gasteiger partial charge in [-0.05, 0) is 17.7 Å². The van der Waals surface area contributed by atoms with E-state index in [4.69, 9.17) is 28.9 Å². The first kappa shape index (κ1) is 18.9. The number of nitro groups is 1. The van der Waals surface area contributed by atoms with Crippen LogP contribution in [0.25, 0.3) is 0 Å². The molecule has 0 saturated heterocycles. The Bertz CT molecular complexity index is 834. The van der Waals surface area contributed by atoms with Gasteiger partial charge in [0.05, 0.1) is 20.5 Å². The summed E-state index contributed by atoms with van der Waals surface area (Å²) in [5.41, 5.74) is 3.55. The Morgan fingerprint density at radius 1 is 1.12 bits per heavy atom. The van der Waals surface area contributed by atoms with E-state index in [-0.39, 0.29) is 27.7 Å². The molecule has 0 bridgehead atoms. The smallest absolute Gasteiger partial charge is 0.332 e. The molecule has 2 rings (SSSR count). The second-order valence-electron chi connectivity index (χ2n) is 5.30. The van der Waals surface area contributed by atoms with Crippen molar-refractivity contribution in [2.75, 3.05) is 0 Å². The van der Waals surface area contributed by atoms with Gasteiger partial charge < -0.3 is 10.8 Å². The monoisotopic (exact) mass is 382 g/mol. The van der Waals surface area contributed by atoms with Crippen LogP contribution in [0.1, 0.15) is 15.9 Å². The molecule has 0 aromatic heterocycles. The summed E-state index contributed by atoms with van der Waals surface area (Å²) in [6, 6.07) is 9.38. The lowest BCUT2D eigenvalue weighted by atomic mass is 9.84. The molecule has 0 fully saturated rings. The molecular weight excluding hydrogens is 371 g/mol. The van der Waals surface area contributed by atoms with Crippen molar-refractivity contribution >= 4 is 40.6 Å². The molecule has 3 N–H and O–H groups in total. The van der Waals surface area contributed by atoms with Crippen molar-refractivity contribution in [2.45, 2.75) is 12.0 Å². The Morgan fingerprint density at radius 2 is 1.64 bits per heavy atom. The van der Waals surface area contributed by atoms with Gasteiger partial charge in [-0.2, -0.15) is 0 Å². The molecule has 9 heteroatoms. The SMILES string of the molecule is N[C@@](Cc1ccc([N+](=O)[O-])cc1)(C(=O)O)C(=O)c1c(Cl)cccc1Cl. The molecule has 0 spiro atoms. The number of halogens is 2. The van der Waals surface area contributed by atoms with Crippen LogP contribution >= 0.6 is 23.2 Å². The van der Waals surface area contributed by atoms with Gasteiger partial charge in [-0.25, -0.2) is 4.79 Å². The van der Waals surface area contributed by atoms with E-state index in [2.05, 4.69) is 0 Å². The average molecular weight is 383 g/mol. The number of benzene rings is 2. The van der Waals surface area contributed by atoms with Gasteiger partial charge in [-0.3, -0.25) is 14.9 Å². The van der Waals surface area contributed by atoms with Gasteiger partial charge in [0.25, 0.3) is 5.69 Å². The Hall–Kier alpha value is -2.48. The first-order valence-corrected chi connectivity index (χ1v) is 7.67. The van der Waals surface area contributed by atoms with Gasteiger partial charge >= 0.3 is 5.97 Å². The van der Waals surface area contributed by atoms with Crippen LogP contribution in [0.2, 0.25) is 10.0 Å². The van der Waals surface area contributed by atoms with Crippen LogP contribution in [0.5, 0.6) is 0 Å². The topological polar surface area (TPSA) is 124 Å². The number of nitro benzene ring substituents is 1. The Balaban J connectivity index is 2.43. The molecule has 0 aliphatic heterocycles. The Morgan fingerprint density at radius 3 is 2.08 bits per heavy atom. The van der Waals surface area contributed by atoms with E-state index in [1.54, 1.807) is 0 Å². The van der Waals surface area contributed by atoms with Crippen LogP contribution in [0.3, 0.4) is 0 Å². The van der Waals surface area contributed by atoms with Crippen LogP contribution in [0.4, 0.5) is 5.69 Å². The number of rotatable bonds is 6. The number of nitrogens with zero attached hydrogens (tertiary/aromatic N) is 1. The second-order valence-corrected chi connectivity index (χ2v) is 6.12. The van der Waals surface area contributed by atoms with Crippen LogP contribution in [0.15, 0.2) is 42.5 Å². The fourth-order valence-corrected chi connectivity index (χ4v) is 2.82. The molecule has 0 saturated carbocycles. The van der Waals surface area contributed by atoms with Crippen LogP contribution in [-0.4, -0.2) is 27.3 Å². The summed E-state index contributed by atoms with van der Waals surface area (Å²) in [5, 5.41) is 20.2. The van der Waals surface area contributed by atoms with E-state index < -0.39 is 22.2 Å². The first-order chi connectivity index (χ1) is 11.7. The van der Waals surface area contributed by atoms with Crippen molar-refractivity contribution in [3.63, 3.8) is 0 Å². The third-order valence-electron chi connectivity index (χ3n) is 3.61. The first-order valence-electron chi connectivity index (χ1n) is 6.91. The van der Waals surface area contributed by atoms with E-state index in [1.807, 2.05) is 0 Å². The summed E-state index contributed by atoms with van der Waals surface area (Å²) >= 11 is 11.9. The number of carboxylic acids is 1. The van der Waals surface area contributed by atoms with E-state index in [0.29, 0.717) is 5.56 Å². The maximum atomic E-state index is 12.7. The highest BCUT2D eigenvalue weighted by Gasteiger charge is 2.44. The van der Waals surface area contributed by atoms with Crippen LogP contribution in [0, 0.1) is 10.1 Å².